The molecule has 0 radical (unpaired) electrons. The molecule has 0 saturated carbocycles. The summed E-state index contributed by atoms with van der Waals surface area (Å²) in [5.74, 6) is 0.435. The molecule has 0 aliphatic heterocycles. The van der Waals surface area contributed by atoms with Crippen LogP contribution in [0.15, 0.2) is 24.3 Å². The van der Waals surface area contributed by atoms with Gasteiger partial charge in [-0.1, -0.05) is 6.92 Å². The summed E-state index contributed by atoms with van der Waals surface area (Å²) in [6.45, 7) is 5.93. The molecule has 0 aliphatic rings. The average molecular weight is 246 g/mol. The number of carbonyl (C=O) groups excluding carboxylic acids is 1. The van der Waals surface area contributed by atoms with Crippen LogP contribution < -0.4 is 10.1 Å². The van der Waals surface area contributed by atoms with E-state index in [4.69, 9.17) is 10.00 Å². The molecule has 0 aliphatic carbocycles. The van der Waals surface area contributed by atoms with E-state index in [1.54, 1.807) is 24.3 Å². The Balaban J connectivity index is 2.45. The van der Waals surface area contributed by atoms with Crippen LogP contribution in [-0.2, 0) is 4.79 Å². The van der Waals surface area contributed by atoms with Crippen LogP contribution in [0.25, 0.3) is 0 Å². The zero-order valence-corrected chi connectivity index (χ0v) is 11.0. The first-order valence-electron chi connectivity index (χ1n) is 5.91. The fourth-order valence-electron chi connectivity index (χ4n) is 1.28. The maximum Gasteiger partial charge on any atom is 0.258 e. The lowest BCUT2D eigenvalue weighted by atomic mass is 10.0. The molecule has 0 saturated heterocycles. The molecule has 96 valence electrons. The molecule has 4 nitrogen and oxygen atoms in total. The van der Waals surface area contributed by atoms with Gasteiger partial charge in [-0.2, -0.15) is 5.26 Å². The molecule has 1 rings (SSSR count). The van der Waals surface area contributed by atoms with E-state index in [0.29, 0.717) is 11.3 Å². The number of benzene rings is 1. The highest BCUT2D eigenvalue weighted by Gasteiger charge is 2.17. The molecule has 0 bridgehead atoms. The van der Waals surface area contributed by atoms with Crippen LogP contribution in [0.4, 0.5) is 0 Å². The third kappa shape index (κ3) is 4.46. The van der Waals surface area contributed by atoms with Crippen molar-refractivity contribution in [3.05, 3.63) is 29.8 Å². The smallest absolute Gasteiger partial charge is 0.258 e. The molecule has 1 aromatic rings. The van der Waals surface area contributed by atoms with Gasteiger partial charge in [0, 0.05) is 5.54 Å². The number of ether oxygens (including phenoxy) is 1. The number of rotatable bonds is 5. The first-order valence-corrected chi connectivity index (χ1v) is 5.91. The largest absolute Gasteiger partial charge is 0.484 e. The van der Waals surface area contributed by atoms with Crippen molar-refractivity contribution in [2.45, 2.75) is 32.7 Å². The van der Waals surface area contributed by atoms with Crippen LogP contribution in [0.1, 0.15) is 32.8 Å². The predicted octanol–water partition coefficient (Wildman–Crippen LogP) is 2.24. The Bertz CT molecular complexity index is 444. The third-order valence-electron chi connectivity index (χ3n) is 2.72. The molecule has 0 spiro atoms. The number of carbonyl (C=O) groups is 1. The van der Waals surface area contributed by atoms with Gasteiger partial charge in [0.05, 0.1) is 11.6 Å². The highest BCUT2D eigenvalue weighted by Crippen LogP contribution is 2.11. The SMILES string of the molecule is CCC(C)(C)NC(=O)COc1ccc(C#N)cc1. The summed E-state index contributed by atoms with van der Waals surface area (Å²) in [5, 5.41) is 11.5. The van der Waals surface area contributed by atoms with E-state index in [1.165, 1.54) is 0 Å². The van der Waals surface area contributed by atoms with Crippen molar-refractivity contribution >= 4 is 5.91 Å². The van der Waals surface area contributed by atoms with Gasteiger partial charge in [0.1, 0.15) is 5.75 Å². The van der Waals surface area contributed by atoms with Gasteiger partial charge in [-0.05, 0) is 44.5 Å². The second-order valence-corrected chi connectivity index (χ2v) is 4.71. The summed E-state index contributed by atoms with van der Waals surface area (Å²) in [7, 11) is 0. The van der Waals surface area contributed by atoms with E-state index in [2.05, 4.69) is 5.32 Å². The summed E-state index contributed by atoms with van der Waals surface area (Å²) in [4.78, 5) is 11.6. The standard InChI is InChI=1S/C14H18N2O2/c1-4-14(2,3)16-13(17)10-18-12-7-5-11(9-15)6-8-12/h5-8H,4,10H2,1-3H3,(H,16,17). The first-order chi connectivity index (χ1) is 8.46. The van der Waals surface area contributed by atoms with Gasteiger partial charge in [0.25, 0.3) is 5.91 Å². The van der Waals surface area contributed by atoms with Crippen molar-refractivity contribution in [2.75, 3.05) is 6.61 Å². The zero-order chi connectivity index (χ0) is 13.6. The molecular weight excluding hydrogens is 228 g/mol. The lowest BCUT2D eigenvalue weighted by molar-refractivity contribution is -0.124. The Labute approximate surface area is 108 Å². The molecule has 4 heteroatoms. The Morgan fingerprint density at radius 3 is 2.50 bits per heavy atom. The van der Waals surface area contributed by atoms with Gasteiger partial charge in [-0.15, -0.1) is 0 Å². The minimum absolute atomic E-state index is 0.0185. The highest BCUT2D eigenvalue weighted by molar-refractivity contribution is 5.78. The molecule has 0 aromatic heterocycles. The minimum Gasteiger partial charge on any atom is -0.484 e. The van der Waals surface area contributed by atoms with Crippen molar-refractivity contribution in [3.63, 3.8) is 0 Å². The van der Waals surface area contributed by atoms with Gasteiger partial charge in [0.2, 0.25) is 0 Å². The van der Waals surface area contributed by atoms with E-state index in [0.717, 1.165) is 6.42 Å². The van der Waals surface area contributed by atoms with Crippen molar-refractivity contribution in [2.24, 2.45) is 0 Å². The quantitative estimate of drug-likeness (QED) is 0.866. The van der Waals surface area contributed by atoms with Crippen LogP contribution in [0.3, 0.4) is 0 Å². The molecule has 18 heavy (non-hydrogen) atoms. The van der Waals surface area contributed by atoms with E-state index in [9.17, 15) is 4.79 Å². The minimum atomic E-state index is -0.217. The Morgan fingerprint density at radius 2 is 2.00 bits per heavy atom. The van der Waals surface area contributed by atoms with Crippen molar-refractivity contribution in [1.29, 1.82) is 5.26 Å². The van der Waals surface area contributed by atoms with E-state index in [-0.39, 0.29) is 18.1 Å². The number of hydrogen-bond donors (Lipinski definition) is 1. The van der Waals surface area contributed by atoms with Crippen LogP contribution in [-0.4, -0.2) is 18.1 Å². The predicted molar refractivity (Wildman–Crippen MR) is 69.2 cm³/mol. The van der Waals surface area contributed by atoms with Crippen molar-refractivity contribution in [1.82, 2.24) is 5.32 Å². The molecular formula is C14H18N2O2. The number of nitrogens with zero attached hydrogens (tertiary/aromatic N) is 1. The van der Waals surface area contributed by atoms with Crippen molar-refractivity contribution < 1.29 is 9.53 Å². The van der Waals surface area contributed by atoms with Crippen LogP contribution in [0, 0.1) is 11.3 Å². The number of nitrogens with one attached hydrogen (secondary N) is 1. The summed E-state index contributed by atoms with van der Waals surface area (Å²) in [6, 6.07) is 8.69. The molecule has 1 N–H and O–H groups in total. The van der Waals surface area contributed by atoms with E-state index < -0.39 is 0 Å². The fraction of sp³-hybridized carbons (Fsp3) is 0.429. The molecule has 1 amide bonds. The van der Waals surface area contributed by atoms with Crippen LogP contribution >= 0.6 is 0 Å². The van der Waals surface area contributed by atoms with E-state index >= 15 is 0 Å². The van der Waals surface area contributed by atoms with Gasteiger partial charge < -0.3 is 10.1 Å². The summed E-state index contributed by atoms with van der Waals surface area (Å²) in [6.07, 6.45) is 0.857. The number of nitriles is 1. The molecule has 1 aromatic carbocycles. The second kappa shape index (κ2) is 6.06. The Kier molecular flexibility index (Phi) is 4.73. The normalized spacial score (nSPS) is 10.6. The lowest BCUT2D eigenvalue weighted by Gasteiger charge is -2.24. The fourth-order valence-corrected chi connectivity index (χ4v) is 1.28. The van der Waals surface area contributed by atoms with Gasteiger partial charge in [-0.25, -0.2) is 0 Å². The molecule has 0 heterocycles. The Morgan fingerprint density at radius 1 is 1.39 bits per heavy atom. The lowest BCUT2D eigenvalue weighted by Crippen LogP contribution is -2.44. The maximum atomic E-state index is 11.6. The molecule has 0 fully saturated rings. The molecule has 0 unspecified atom stereocenters. The van der Waals surface area contributed by atoms with Gasteiger partial charge in [-0.3, -0.25) is 4.79 Å². The topological polar surface area (TPSA) is 62.1 Å². The average Bonchev–Trinajstić information content (AvgIpc) is 2.36. The first kappa shape index (κ1) is 14.0. The van der Waals surface area contributed by atoms with Crippen molar-refractivity contribution in [3.8, 4) is 11.8 Å². The Hall–Kier alpha value is -2.02. The second-order valence-electron chi connectivity index (χ2n) is 4.71. The summed E-state index contributed by atoms with van der Waals surface area (Å²) < 4.78 is 5.34. The summed E-state index contributed by atoms with van der Waals surface area (Å²) in [5.41, 5.74) is 0.351. The number of hydrogen-bond acceptors (Lipinski definition) is 3. The monoisotopic (exact) mass is 246 g/mol. The van der Waals surface area contributed by atoms with Gasteiger partial charge in [0.15, 0.2) is 6.61 Å². The van der Waals surface area contributed by atoms with Gasteiger partial charge >= 0.3 is 0 Å². The van der Waals surface area contributed by atoms with Crippen LogP contribution in [0.2, 0.25) is 0 Å². The summed E-state index contributed by atoms with van der Waals surface area (Å²) >= 11 is 0. The third-order valence-corrected chi connectivity index (χ3v) is 2.72. The van der Waals surface area contributed by atoms with E-state index in [1.807, 2.05) is 26.8 Å². The molecule has 0 atom stereocenters. The maximum absolute atomic E-state index is 11.6. The zero-order valence-electron chi connectivity index (χ0n) is 11.0. The highest BCUT2D eigenvalue weighted by atomic mass is 16.5. The van der Waals surface area contributed by atoms with Crippen LogP contribution in [0.5, 0.6) is 5.75 Å². The number of amides is 1.